The molecule has 0 aliphatic heterocycles. The maximum absolute atomic E-state index is 12.9. The molecule has 0 bridgehead atoms. The highest BCUT2D eigenvalue weighted by atomic mass is 16.2. The van der Waals surface area contributed by atoms with Crippen molar-refractivity contribution in [1.82, 2.24) is 14.9 Å². The molecule has 29 heavy (non-hydrogen) atoms. The van der Waals surface area contributed by atoms with Crippen molar-refractivity contribution in [3.63, 3.8) is 0 Å². The fourth-order valence-electron chi connectivity index (χ4n) is 3.33. The van der Waals surface area contributed by atoms with Gasteiger partial charge >= 0.3 is 0 Å². The Balaban J connectivity index is 1.73. The summed E-state index contributed by atoms with van der Waals surface area (Å²) in [6, 6.07) is 13.9. The van der Waals surface area contributed by atoms with Gasteiger partial charge in [-0.15, -0.1) is 0 Å². The van der Waals surface area contributed by atoms with Gasteiger partial charge in [0.05, 0.1) is 0 Å². The summed E-state index contributed by atoms with van der Waals surface area (Å²) >= 11 is 0. The molecule has 0 atom stereocenters. The molecule has 0 aliphatic carbocycles. The van der Waals surface area contributed by atoms with E-state index in [1.807, 2.05) is 25.2 Å². The van der Waals surface area contributed by atoms with Crippen molar-refractivity contribution >= 4 is 17.4 Å². The first-order valence-corrected chi connectivity index (χ1v) is 10.1. The van der Waals surface area contributed by atoms with Gasteiger partial charge in [0.2, 0.25) is 0 Å². The van der Waals surface area contributed by atoms with Gasteiger partial charge in [0.15, 0.2) is 0 Å². The van der Waals surface area contributed by atoms with Gasteiger partial charge in [-0.1, -0.05) is 32.0 Å². The molecule has 0 radical (unpaired) electrons. The summed E-state index contributed by atoms with van der Waals surface area (Å²) < 4.78 is 0. The molecule has 0 fully saturated rings. The summed E-state index contributed by atoms with van der Waals surface area (Å²) in [6.07, 6.45) is 7.91. The van der Waals surface area contributed by atoms with E-state index in [-0.39, 0.29) is 5.91 Å². The lowest BCUT2D eigenvalue weighted by molar-refractivity contribution is 0.0796. The molecule has 5 nitrogen and oxygen atoms in total. The van der Waals surface area contributed by atoms with Crippen LogP contribution in [0.4, 0.5) is 11.5 Å². The summed E-state index contributed by atoms with van der Waals surface area (Å²) in [5, 5.41) is 3.45. The standard InChI is InChI=1S/C24H28N4O/c1-4-19-7-6-8-20(5-2)23(19)27-22-17-21(11-15-26-22)24(29)28(3)16-12-18-9-13-25-14-10-18/h6-11,13-15,17H,4-5,12,16H2,1-3H3,(H,26,27). The maximum Gasteiger partial charge on any atom is 0.253 e. The number of rotatable bonds is 8. The number of pyridine rings is 2. The predicted molar refractivity (Wildman–Crippen MR) is 118 cm³/mol. The highest BCUT2D eigenvalue weighted by Crippen LogP contribution is 2.26. The number of carbonyl (C=O) groups excluding carboxylic acids is 1. The van der Waals surface area contributed by atoms with Crippen molar-refractivity contribution in [3.05, 3.63) is 83.3 Å². The predicted octanol–water partition coefficient (Wildman–Crippen LogP) is 4.66. The van der Waals surface area contributed by atoms with Crippen LogP contribution in [0.3, 0.4) is 0 Å². The second-order valence-corrected chi connectivity index (χ2v) is 7.05. The van der Waals surface area contributed by atoms with E-state index in [1.54, 1.807) is 29.6 Å². The first-order chi connectivity index (χ1) is 14.1. The molecule has 0 spiro atoms. The van der Waals surface area contributed by atoms with Crippen LogP contribution in [0.1, 0.15) is 40.9 Å². The molecule has 1 amide bonds. The third-order valence-electron chi connectivity index (χ3n) is 5.09. The quantitative estimate of drug-likeness (QED) is 0.610. The Labute approximate surface area is 172 Å². The molecule has 5 heteroatoms. The van der Waals surface area contributed by atoms with Crippen LogP contribution in [0.5, 0.6) is 0 Å². The van der Waals surface area contributed by atoms with Gasteiger partial charge in [0, 0.05) is 43.4 Å². The second-order valence-electron chi connectivity index (χ2n) is 7.05. The van der Waals surface area contributed by atoms with Crippen LogP contribution in [0.2, 0.25) is 0 Å². The van der Waals surface area contributed by atoms with Crippen LogP contribution in [0, 0.1) is 0 Å². The van der Waals surface area contributed by atoms with Crippen LogP contribution in [-0.2, 0) is 19.3 Å². The molecule has 0 aliphatic rings. The third-order valence-corrected chi connectivity index (χ3v) is 5.09. The lowest BCUT2D eigenvalue weighted by atomic mass is 10.0. The molecule has 1 N–H and O–H groups in total. The number of likely N-dealkylation sites (N-methyl/N-ethyl adjacent to an activating group) is 1. The monoisotopic (exact) mass is 388 g/mol. The number of para-hydroxylation sites is 1. The fourth-order valence-corrected chi connectivity index (χ4v) is 3.33. The van der Waals surface area contributed by atoms with Crippen molar-refractivity contribution in [2.75, 3.05) is 18.9 Å². The minimum absolute atomic E-state index is 0.0102. The molecule has 2 heterocycles. The SMILES string of the molecule is CCc1cccc(CC)c1Nc1cc(C(=O)N(C)CCc2ccncc2)ccn1. The number of nitrogens with one attached hydrogen (secondary N) is 1. The van der Waals surface area contributed by atoms with E-state index in [0.29, 0.717) is 17.9 Å². The molecule has 0 unspecified atom stereocenters. The second kappa shape index (κ2) is 9.82. The van der Waals surface area contributed by atoms with Gasteiger partial charge in [0.25, 0.3) is 5.91 Å². The van der Waals surface area contributed by atoms with E-state index >= 15 is 0 Å². The molecule has 2 aromatic heterocycles. The third kappa shape index (κ3) is 5.19. The zero-order chi connectivity index (χ0) is 20.6. The van der Waals surface area contributed by atoms with Gasteiger partial charge < -0.3 is 10.2 Å². The Morgan fingerprint density at radius 2 is 1.69 bits per heavy atom. The van der Waals surface area contributed by atoms with Crippen molar-refractivity contribution in [2.45, 2.75) is 33.1 Å². The van der Waals surface area contributed by atoms with E-state index in [0.717, 1.165) is 24.9 Å². The summed E-state index contributed by atoms with van der Waals surface area (Å²) in [6.45, 7) is 4.93. The van der Waals surface area contributed by atoms with Gasteiger partial charge in [-0.05, 0) is 60.2 Å². The summed E-state index contributed by atoms with van der Waals surface area (Å²) in [5.74, 6) is 0.679. The van der Waals surface area contributed by atoms with Crippen LogP contribution in [0.25, 0.3) is 0 Å². The zero-order valence-corrected chi connectivity index (χ0v) is 17.4. The van der Waals surface area contributed by atoms with Crippen molar-refractivity contribution < 1.29 is 4.79 Å². The van der Waals surface area contributed by atoms with E-state index in [4.69, 9.17) is 0 Å². The molecule has 3 rings (SSSR count). The lowest BCUT2D eigenvalue weighted by Crippen LogP contribution is -2.28. The fraction of sp³-hybridized carbons (Fsp3) is 0.292. The number of hydrogen-bond donors (Lipinski definition) is 1. The van der Waals surface area contributed by atoms with Crippen LogP contribution >= 0.6 is 0 Å². The topological polar surface area (TPSA) is 58.1 Å². The van der Waals surface area contributed by atoms with Crippen molar-refractivity contribution in [1.29, 1.82) is 0 Å². The minimum Gasteiger partial charge on any atom is -0.341 e. The smallest absolute Gasteiger partial charge is 0.253 e. The molecule has 3 aromatic rings. The normalized spacial score (nSPS) is 10.6. The number of hydrogen-bond acceptors (Lipinski definition) is 4. The van der Waals surface area contributed by atoms with Crippen molar-refractivity contribution in [3.8, 4) is 0 Å². The van der Waals surface area contributed by atoms with Gasteiger partial charge in [0.1, 0.15) is 5.82 Å². The first-order valence-electron chi connectivity index (χ1n) is 10.1. The molecular weight excluding hydrogens is 360 g/mol. The molecule has 0 saturated heterocycles. The molecular formula is C24H28N4O. The lowest BCUT2D eigenvalue weighted by Gasteiger charge is -2.18. The minimum atomic E-state index is -0.0102. The van der Waals surface area contributed by atoms with Crippen LogP contribution in [0.15, 0.2) is 61.1 Å². The average molecular weight is 389 g/mol. The van der Waals surface area contributed by atoms with Crippen LogP contribution < -0.4 is 5.32 Å². The number of benzene rings is 1. The van der Waals surface area contributed by atoms with Gasteiger partial charge in [-0.3, -0.25) is 9.78 Å². The van der Waals surface area contributed by atoms with Crippen molar-refractivity contribution in [2.24, 2.45) is 0 Å². The number of anilines is 2. The number of nitrogens with zero attached hydrogens (tertiary/aromatic N) is 3. The largest absolute Gasteiger partial charge is 0.341 e. The summed E-state index contributed by atoms with van der Waals surface area (Å²) in [4.78, 5) is 23.1. The first kappa shape index (κ1) is 20.5. The Morgan fingerprint density at radius 3 is 2.34 bits per heavy atom. The number of amides is 1. The number of carbonyl (C=O) groups is 1. The van der Waals surface area contributed by atoms with E-state index in [9.17, 15) is 4.79 Å². The van der Waals surface area contributed by atoms with Gasteiger partial charge in [-0.2, -0.15) is 0 Å². The summed E-state index contributed by atoms with van der Waals surface area (Å²) in [7, 11) is 1.83. The number of aromatic nitrogens is 2. The maximum atomic E-state index is 12.9. The Bertz CT molecular complexity index is 934. The van der Waals surface area contributed by atoms with Crippen LogP contribution in [-0.4, -0.2) is 34.4 Å². The Kier molecular flexibility index (Phi) is 6.95. The highest BCUT2D eigenvalue weighted by Gasteiger charge is 2.14. The Hall–Kier alpha value is -3.21. The summed E-state index contributed by atoms with van der Waals surface area (Å²) in [5.41, 5.74) is 5.39. The van der Waals surface area contributed by atoms with Gasteiger partial charge in [-0.25, -0.2) is 4.98 Å². The van der Waals surface area contributed by atoms with E-state index in [2.05, 4.69) is 47.3 Å². The number of aryl methyl sites for hydroxylation is 2. The molecule has 0 saturated carbocycles. The Morgan fingerprint density at radius 1 is 1.00 bits per heavy atom. The molecule has 1 aromatic carbocycles. The zero-order valence-electron chi connectivity index (χ0n) is 17.4. The average Bonchev–Trinajstić information content (AvgIpc) is 2.78. The highest BCUT2D eigenvalue weighted by molar-refractivity contribution is 5.94. The van der Waals surface area contributed by atoms with E-state index in [1.165, 1.54) is 16.7 Å². The van der Waals surface area contributed by atoms with E-state index < -0.39 is 0 Å². The molecule has 150 valence electrons.